The number of esters is 1. The van der Waals surface area contributed by atoms with Crippen LogP contribution in [0.1, 0.15) is 57.9 Å². The monoisotopic (exact) mass is 662 g/mol. The topological polar surface area (TPSA) is 136 Å². The molecule has 11 heteroatoms. The molecule has 0 aliphatic carbocycles. The van der Waals surface area contributed by atoms with Crippen LogP contribution < -0.4 is 9.47 Å². The minimum absolute atomic E-state index is 0.233. The predicted octanol–water partition coefficient (Wildman–Crippen LogP) is 11.5. The molecule has 49 heavy (non-hydrogen) atoms. The van der Waals surface area contributed by atoms with E-state index in [0.717, 1.165) is 60.5 Å². The lowest BCUT2D eigenvalue weighted by molar-refractivity contribution is -0.141. The molecule has 0 aromatic heterocycles. The molecule has 0 fully saturated rings. The first-order valence-electron chi connectivity index (χ1n) is 16.4. The molecule has 0 spiro atoms. The zero-order valence-corrected chi connectivity index (χ0v) is 28.2. The fourth-order valence-corrected chi connectivity index (χ4v) is 4.41. The molecule has 254 valence electrons. The second-order valence-corrected chi connectivity index (χ2v) is 11.3. The van der Waals surface area contributed by atoms with Crippen molar-refractivity contribution in [3.8, 4) is 11.5 Å². The number of carbonyl (C=O) groups excluding carboxylic acids is 2. The number of ether oxygens (including phenoxy) is 3. The van der Waals surface area contributed by atoms with Crippen molar-refractivity contribution < 1.29 is 23.8 Å². The summed E-state index contributed by atoms with van der Waals surface area (Å²) in [4.78, 5) is 21.8. The van der Waals surface area contributed by atoms with Gasteiger partial charge in [0.25, 0.3) is 0 Å². The van der Waals surface area contributed by atoms with E-state index in [2.05, 4.69) is 30.7 Å². The van der Waals surface area contributed by atoms with Crippen molar-refractivity contribution in [3.05, 3.63) is 96.6 Å². The standard InChI is InChI=1S/C38H42N6O5/c1-28-27-35(43-41-34-16-21-36(22-17-34)48-25-6-4-5-9-29(2)45)18-23-38(28)44-42-32-12-10-31(11-13-32)39-40-33-14-19-37(20-15-33)49-26-8-7-24-47-30(3)46/h10-23,27H,4-9,24-26H2,1-3H3. The summed E-state index contributed by atoms with van der Waals surface area (Å²) in [5.74, 6) is 1.50. The summed E-state index contributed by atoms with van der Waals surface area (Å²) in [7, 11) is 0. The van der Waals surface area contributed by atoms with Crippen LogP contribution in [-0.4, -0.2) is 31.6 Å². The summed E-state index contributed by atoms with van der Waals surface area (Å²) in [6.07, 6.45) is 4.99. The molecule has 4 aromatic rings. The largest absolute Gasteiger partial charge is 0.494 e. The molecular weight excluding hydrogens is 620 g/mol. The summed E-state index contributed by atoms with van der Waals surface area (Å²) in [6.45, 7) is 6.56. The minimum atomic E-state index is -0.265. The van der Waals surface area contributed by atoms with Gasteiger partial charge in [-0.25, -0.2) is 0 Å². The number of azo groups is 3. The van der Waals surface area contributed by atoms with Crippen molar-refractivity contribution in [1.82, 2.24) is 0 Å². The number of ketones is 1. The first-order valence-corrected chi connectivity index (χ1v) is 16.4. The molecule has 0 saturated heterocycles. The maximum absolute atomic E-state index is 11.0. The zero-order valence-electron chi connectivity index (χ0n) is 28.2. The van der Waals surface area contributed by atoms with Crippen LogP contribution in [0.4, 0.5) is 34.1 Å². The van der Waals surface area contributed by atoms with Gasteiger partial charge in [0, 0.05) is 13.3 Å². The highest BCUT2D eigenvalue weighted by atomic mass is 16.5. The highest BCUT2D eigenvalue weighted by Gasteiger charge is 2.02. The molecule has 0 aliphatic rings. The third-order valence-corrected chi connectivity index (χ3v) is 7.09. The number of nitrogens with zero attached hydrogens (tertiary/aromatic N) is 6. The fourth-order valence-electron chi connectivity index (χ4n) is 4.41. The van der Waals surface area contributed by atoms with Crippen molar-refractivity contribution in [1.29, 1.82) is 0 Å². The summed E-state index contributed by atoms with van der Waals surface area (Å²) >= 11 is 0. The Hall–Kier alpha value is -5.58. The van der Waals surface area contributed by atoms with Gasteiger partial charge in [0.2, 0.25) is 0 Å². The molecule has 0 aliphatic heterocycles. The van der Waals surface area contributed by atoms with Gasteiger partial charge >= 0.3 is 5.97 Å². The number of rotatable bonds is 19. The Morgan fingerprint density at radius 1 is 0.510 bits per heavy atom. The number of benzene rings is 4. The van der Waals surface area contributed by atoms with Crippen LogP contribution in [0, 0.1) is 6.92 Å². The van der Waals surface area contributed by atoms with Crippen LogP contribution in [0.15, 0.2) is 122 Å². The number of unbranched alkanes of at least 4 members (excludes halogenated alkanes) is 3. The molecule has 0 heterocycles. The normalized spacial score (nSPS) is 11.4. The van der Waals surface area contributed by atoms with Crippen molar-refractivity contribution in [2.45, 2.75) is 59.3 Å². The van der Waals surface area contributed by atoms with E-state index in [9.17, 15) is 9.59 Å². The third-order valence-electron chi connectivity index (χ3n) is 7.09. The Morgan fingerprint density at radius 3 is 1.43 bits per heavy atom. The first kappa shape index (κ1) is 36.3. The van der Waals surface area contributed by atoms with Crippen molar-refractivity contribution in [3.63, 3.8) is 0 Å². The Morgan fingerprint density at radius 2 is 0.939 bits per heavy atom. The number of hydrogen-bond donors (Lipinski definition) is 0. The molecule has 0 N–H and O–H groups in total. The zero-order chi connectivity index (χ0) is 34.7. The van der Waals surface area contributed by atoms with E-state index < -0.39 is 0 Å². The van der Waals surface area contributed by atoms with Crippen LogP contribution in [0.25, 0.3) is 0 Å². The van der Waals surface area contributed by atoms with Crippen molar-refractivity contribution in [2.24, 2.45) is 30.7 Å². The van der Waals surface area contributed by atoms with Gasteiger partial charge in [0.05, 0.1) is 53.9 Å². The summed E-state index contributed by atoms with van der Waals surface area (Å²) in [6, 6.07) is 27.8. The fraction of sp³-hybridized carbons (Fsp3) is 0.316. The molecule has 0 unspecified atom stereocenters. The van der Waals surface area contributed by atoms with Crippen LogP contribution in [0.3, 0.4) is 0 Å². The Bertz CT molecular complexity index is 1720. The maximum Gasteiger partial charge on any atom is 0.302 e. The first-order chi connectivity index (χ1) is 23.8. The Kier molecular flexibility index (Phi) is 14.8. The van der Waals surface area contributed by atoms with Crippen LogP contribution in [0.5, 0.6) is 11.5 Å². The summed E-state index contributed by atoms with van der Waals surface area (Å²) in [5.41, 5.74) is 5.19. The molecular formula is C38H42N6O5. The number of aryl methyl sites for hydroxylation is 1. The average molecular weight is 663 g/mol. The second-order valence-electron chi connectivity index (χ2n) is 11.3. The smallest absolute Gasteiger partial charge is 0.302 e. The van der Waals surface area contributed by atoms with E-state index in [0.29, 0.717) is 49.0 Å². The van der Waals surface area contributed by atoms with Crippen LogP contribution in [-0.2, 0) is 14.3 Å². The number of hydrogen-bond acceptors (Lipinski definition) is 11. The summed E-state index contributed by atoms with van der Waals surface area (Å²) < 4.78 is 16.4. The lowest BCUT2D eigenvalue weighted by atomic mass is 10.1. The van der Waals surface area contributed by atoms with Crippen molar-refractivity contribution >= 4 is 45.9 Å². The summed E-state index contributed by atoms with van der Waals surface area (Å²) in [5, 5.41) is 26.1. The van der Waals surface area contributed by atoms with E-state index in [1.165, 1.54) is 6.92 Å². The highest BCUT2D eigenvalue weighted by molar-refractivity contribution is 5.75. The van der Waals surface area contributed by atoms with Gasteiger partial charge in [-0.05, 0) is 143 Å². The van der Waals surface area contributed by atoms with E-state index in [1.54, 1.807) is 6.92 Å². The number of carbonyl (C=O) groups is 2. The molecule has 4 rings (SSSR count). The predicted molar refractivity (Wildman–Crippen MR) is 189 cm³/mol. The molecule has 0 bridgehead atoms. The maximum atomic E-state index is 11.0. The van der Waals surface area contributed by atoms with Crippen LogP contribution in [0.2, 0.25) is 0 Å². The van der Waals surface area contributed by atoms with Gasteiger partial charge in [0.1, 0.15) is 17.3 Å². The molecule has 11 nitrogen and oxygen atoms in total. The van der Waals surface area contributed by atoms with Gasteiger partial charge in [-0.1, -0.05) is 0 Å². The van der Waals surface area contributed by atoms with Gasteiger partial charge in [0.15, 0.2) is 0 Å². The van der Waals surface area contributed by atoms with E-state index in [-0.39, 0.29) is 11.8 Å². The van der Waals surface area contributed by atoms with Gasteiger partial charge < -0.3 is 19.0 Å². The molecule has 0 radical (unpaired) electrons. The van der Waals surface area contributed by atoms with Gasteiger partial charge in [-0.15, -0.1) is 0 Å². The Labute approximate surface area is 287 Å². The molecule has 0 saturated carbocycles. The lowest BCUT2D eigenvalue weighted by Gasteiger charge is -2.06. The molecule has 0 amide bonds. The quantitative estimate of drug-likeness (QED) is 0.0559. The van der Waals surface area contributed by atoms with E-state index in [1.807, 2.05) is 97.9 Å². The highest BCUT2D eigenvalue weighted by Crippen LogP contribution is 2.29. The minimum Gasteiger partial charge on any atom is -0.494 e. The number of Topliss-reactive ketones (excluding diaryl/α,β-unsaturated/α-hetero) is 1. The molecule has 4 aromatic carbocycles. The van der Waals surface area contributed by atoms with E-state index >= 15 is 0 Å². The van der Waals surface area contributed by atoms with Crippen LogP contribution >= 0.6 is 0 Å². The SMILES string of the molecule is CC(=O)CCCCCOc1ccc(N=Nc2ccc(N=Nc3ccc(N=Nc4ccc(OCCCCOC(C)=O)cc4)cc3)c(C)c2)cc1. The van der Waals surface area contributed by atoms with Crippen molar-refractivity contribution in [2.75, 3.05) is 19.8 Å². The van der Waals surface area contributed by atoms with Gasteiger partial charge in [-0.2, -0.15) is 30.7 Å². The Balaban J connectivity index is 1.20. The second kappa shape index (κ2) is 19.9. The van der Waals surface area contributed by atoms with Gasteiger partial charge in [-0.3, -0.25) is 4.79 Å². The molecule has 0 atom stereocenters. The average Bonchev–Trinajstić information content (AvgIpc) is 3.10. The third kappa shape index (κ3) is 14.0. The van der Waals surface area contributed by atoms with E-state index in [4.69, 9.17) is 14.2 Å². The lowest BCUT2D eigenvalue weighted by Crippen LogP contribution is -2.03.